The highest BCUT2D eigenvalue weighted by Crippen LogP contribution is 2.46. The number of hydrogen-bond donors (Lipinski definition) is 2. The predicted molar refractivity (Wildman–Crippen MR) is 178 cm³/mol. The number of carboxylic acid groups (broad SMARTS) is 1. The van der Waals surface area contributed by atoms with Crippen molar-refractivity contribution in [3.05, 3.63) is 82.1 Å². The molecule has 1 spiro atoms. The molecule has 2 aromatic rings. The topological polar surface area (TPSA) is 102 Å². The van der Waals surface area contributed by atoms with E-state index in [0.717, 1.165) is 19.9 Å². The molecule has 1 aliphatic carbocycles. The minimum atomic E-state index is -4.63. The fourth-order valence-corrected chi connectivity index (χ4v) is 7.44. The van der Waals surface area contributed by atoms with Crippen LogP contribution in [0.2, 0.25) is 0 Å². The molecule has 2 amide bonds. The maximum Gasteiger partial charge on any atom is 0.402 e. The van der Waals surface area contributed by atoms with Crippen LogP contribution in [-0.4, -0.2) is 89.6 Å². The second-order valence-corrected chi connectivity index (χ2v) is 14.9. The molecule has 9 nitrogen and oxygen atoms in total. The number of benzene rings is 2. The summed E-state index contributed by atoms with van der Waals surface area (Å²) in [5.74, 6) is -6.26. The van der Waals surface area contributed by atoms with Crippen molar-refractivity contribution in [1.29, 1.82) is 0 Å². The van der Waals surface area contributed by atoms with Gasteiger partial charge in [0.1, 0.15) is 17.0 Å². The van der Waals surface area contributed by atoms with E-state index in [2.05, 4.69) is 5.43 Å². The molecule has 53 heavy (non-hydrogen) atoms. The molecule has 0 bridgehead atoms. The number of likely N-dealkylation sites (tertiary alicyclic amines) is 2. The van der Waals surface area contributed by atoms with Crippen LogP contribution in [0.1, 0.15) is 78.9 Å². The Morgan fingerprint density at radius 1 is 0.962 bits per heavy atom. The number of halogens is 7. The van der Waals surface area contributed by atoms with Crippen molar-refractivity contribution in [2.75, 3.05) is 39.8 Å². The molecule has 2 aromatic carbocycles. The monoisotopic (exact) mass is 756 g/mol. The van der Waals surface area contributed by atoms with Crippen molar-refractivity contribution in [3.63, 3.8) is 0 Å². The summed E-state index contributed by atoms with van der Waals surface area (Å²) in [5.41, 5.74) is 2.51. The summed E-state index contributed by atoms with van der Waals surface area (Å²) in [6.45, 7) is 3.62. The number of carbonyl (C=O) groups is 3. The molecule has 3 fully saturated rings. The molecule has 2 saturated heterocycles. The van der Waals surface area contributed by atoms with Crippen LogP contribution in [0.4, 0.5) is 30.7 Å². The Labute approximate surface area is 302 Å². The highest BCUT2D eigenvalue weighted by molar-refractivity contribution is 5.94. The van der Waals surface area contributed by atoms with Gasteiger partial charge >= 0.3 is 12.1 Å². The first-order valence-corrected chi connectivity index (χ1v) is 17.3. The third kappa shape index (κ3) is 8.97. The second kappa shape index (κ2) is 15.3. The number of amides is 2. The molecule has 3 heterocycles. The normalized spacial score (nSPS) is 19.8. The minimum Gasteiger partial charge on any atom is -0.478 e. The lowest BCUT2D eigenvalue weighted by Gasteiger charge is -2.50. The number of aromatic carboxylic acids is 1. The standard InChI is InChI=1S/C22H25F5N4O2.C15H18F2O3/c1-20(2,22(25,26)27)19(33)30-12-21(13-30)3-4-29(11-21)18(32)15-8-28-31(10-15)9-14-5-16(23)7-17(24)6-14;1-20-9-11-3-2-4-12(13(11)14(18)19)10-5-7-15(16,17)8-6-10/h5-7,10,28H,3-4,8-9,11-13H2,1-2H3;2-4,10H,5-9H2,1H3,(H,18,19). The van der Waals surface area contributed by atoms with Gasteiger partial charge in [-0.15, -0.1) is 0 Å². The Morgan fingerprint density at radius 3 is 2.17 bits per heavy atom. The molecule has 0 unspecified atom stereocenters. The number of ether oxygens (including phenoxy) is 1. The van der Waals surface area contributed by atoms with Crippen molar-refractivity contribution in [3.8, 4) is 0 Å². The Morgan fingerprint density at radius 2 is 1.58 bits per heavy atom. The Hall–Kier alpha value is -4.18. The minimum absolute atomic E-state index is 0.113. The summed E-state index contributed by atoms with van der Waals surface area (Å²) in [6.07, 6.45) is -2.12. The van der Waals surface area contributed by atoms with Gasteiger partial charge in [-0.05, 0) is 67.9 Å². The summed E-state index contributed by atoms with van der Waals surface area (Å²) in [6, 6.07) is 8.42. The van der Waals surface area contributed by atoms with Gasteiger partial charge in [0, 0.05) is 70.4 Å². The van der Waals surface area contributed by atoms with Crippen LogP contribution in [0.5, 0.6) is 0 Å². The molecular weight excluding hydrogens is 713 g/mol. The number of rotatable bonds is 8. The highest BCUT2D eigenvalue weighted by Gasteiger charge is 2.59. The SMILES string of the molecule is CC(C)(C(=O)N1CC2(CCN(C(=O)C3=CN(Cc4cc(F)cc(F)c4)NC3)C2)C1)C(F)(F)F.COCc1cccc(C2CCC(F)(F)CC2)c1C(=O)O. The molecule has 0 atom stereocenters. The van der Waals surface area contributed by atoms with Gasteiger partial charge in [0.05, 0.1) is 24.3 Å². The van der Waals surface area contributed by atoms with E-state index < -0.39 is 41.0 Å². The zero-order valence-corrected chi connectivity index (χ0v) is 29.7. The number of carboxylic acids is 1. The van der Waals surface area contributed by atoms with Gasteiger partial charge in [0.15, 0.2) is 0 Å². The number of methoxy groups -OCH3 is 1. The maximum atomic E-state index is 13.4. The largest absolute Gasteiger partial charge is 0.478 e. The first kappa shape index (κ1) is 40.0. The number of hydrazine groups is 1. The molecule has 3 aliphatic heterocycles. The number of alkyl halides is 5. The average molecular weight is 757 g/mol. The van der Waals surface area contributed by atoms with Crippen molar-refractivity contribution in [2.45, 2.75) is 77.1 Å². The van der Waals surface area contributed by atoms with E-state index in [1.165, 1.54) is 24.1 Å². The van der Waals surface area contributed by atoms with E-state index in [0.29, 0.717) is 54.6 Å². The number of nitrogens with zero attached hydrogens (tertiary/aromatic N) is 3. The Kier molecular flexibility index (Phi) is 11.5. The predicted octanol–water partition coefficient (Wildman–Crippen LogP) is 6.64. The number of nitrogens with one attached hydrogen (secondary N) is 1. The maximum absolute atomic E-state index is 13.4. The molecule has 6 rings (SSSR count). The number of carbonyl (C=O) groups excluding carboxylic acids is 2. The van der Waals surface area contributed by atoms with Gasteiger partial charge in [-0.1, -0.05) is 18.2 Å². The lowest BCUT2D eigenvalue weighted by molar-refractivity contribution is -0.222. The van der Waals surface area contributed by atoms with Gasteiger partial charge in [0.2, 0.25) is 11.8 Å². The second-order valence-electron chi connectivity index (χ2n) is 14.9. The first-order chi connectivity index (χ1) is 24.7. The lowest BCUT2D eigenvalue weighted by atomic mass is 9.77. The average Bonchev–Trinajstić information content (AvgIpc) is 3.71. The van der Waals surface area contributed by atoms with Crippen LogP contribution in [0.3, 0.4) is 0 Å². The summed E-state index contributed by atoms with van der Waals surface area (Å²) >= 11 is 0. The molecule has 0 aromatic heterocycles. The van der Waals surface area contributed by atoms with Crippen molar-refractivity contribution >= 4 is 17.8 Å². The molecule has 1 saturated carbocycles. The fraction of sp³-hybridized carbons (Fsp3) is 0.541. The van der Waals surface area contributed by atoms with E-state index in [1.807, 2.05) is 0 Å². The lowest BCUT2D eigenvalue weighted by Crippen LogP contribution is -2.63. The summed E-state index contributed by atoms with van der Waals surface area (Å²) in [7, 11) is 1.50. The van der Waals surface area contributed by atoms with Crippen LogP contribution in [0.25, 0.3) is 0 Å². The van der Waals surface area contributed by atoms with E-state index in [9.17, 15) is 50.2 Å². The summed E-state index contributed by atoms with van der Waals surface area (Å²) < 4.78 is 97.7. The van der Waals surface area contributed by atoms with E-state index in [4.69, 9.17) is 4.74 Å². The Bertz CT molecular complexity index is 1710. The van der Waals surface area contributed by atoms with E-state index in [1.54, 1.807) is 34.3 Å². The third-order valence-corrected chi connectivity index (χ3v) is 10.5. The van der Waals surface area contributed by atoms with Crippen molar-refractivity contribution < 1.29 is 55.0 Å². The Balaban J connectivity index is 0.000000231. The first-order valence-electron chi connectivity index (χ1n) is 17.3. The number of hydrogen-bond acceptors (Lipinski definition) is 6. The van der Waals surface area contributed by atoms with Crippen LogP contribution >= 0.6 is 0 Å². The van der Waals surface area contributed by atoms with Crippen LogP contribution in [0.15, 0.2) is 48.2 Å². The molecule has 4 aliphatic rings. The van der Waals surface area contributed by atoms with Crippen molar-refractivity contribution in [1.82, 2.24) is 20.2 Å². The quantitative estimate of drug-likeness (QED) is 0.292. The van der Waals surface area contributed by atoms with Crippen LogP contribution in [0, 0.1) is 22.5 Å². The molecule has 0 radical (unpaired) electrons. The molecular formula is C37H43F7N4O5. The van der Waals surface area contributed by atoms with Gasteiger partial charge in [0.25, 0.3) is 5.91 Å². The van der Waals surface area contributed by atoms with E-state index in [-0.39, 0.29) is 68.4 Å². The van der Waals surface area contributed by atoms with Gasteiger partial charge in [-0.25, -0.2) is 27.8 Å². The summed E-state index contributed by atoms with van der Waals surface area (Å²) in [4.78, 5) is 39.6. The third-order valence-electron chi connectivity index (χ3n) is 10.5. The molecule has 290 valence electrons. The molecule has 2 N–H and O–H groups in total. The van der Waals surface area contributed by atoms with Gasteiger partial charge < -0.3 is 24.7 Å². The fourth-order valence-electron chi connectivity index (χ4n) is 7.44. The van der Waals surface area contributed by atoms with E-state index >= 15 is 0 Å². The smallest absolute Gasteiger partial charge is 0.402 e. The van der Waals surface area contributed by atoms with Gasteiger partial charge in [-0.3, -0.25) is 9.59 Å². The zero-order valence-electron chi connectivity index (χ0n) is 29.7. The highest BCUT2D eigenvalue weighted by atomic mass is 19.4. The zero-order chi connectivity index (χ0) is 38.9. The molecule has 16 heteroatoms. The van der Waals surface area contributed by atoms with Crippen LogP contribution in [-0.2, 0) is 27.5 Å². The van der Waals surface area contributed by atoms with Gasteiger partial charge in [-0.2, -0.15) is 13.2 Å². The van der Waals surface area contributed by atoms with Crippen molar-refractivity contribution in [2.24, 2.45) is 10.8 Å². The van der Waals surface area contributed by atoms with Crippen LogP contribution < -0.4 is 5.43 Å². The summed E-state index contributed by atoms with van der Waals surface area (Å²) in [5, 5.41) is 11.0.